The highest BCUT2D eigenvalue weighted by atomic mass is 16.4. The van der Waals surface area contributed by atoms with Gasteiger partial charge in [0.25, 0.3) is 0 Å². The standard InChI is InChI=1S/C11H20N2O5/c1-7(14)3-4-12(2)11(18)13-6-8(15)5-9(13)10(16)17/h7-9,14-15H,3-6H2,1-2H3,(H,16,17)/t7?,8?,9-/m0/s1. The van der Waals surface area contributed by atoms with Crippen LogP contribution in [0.2, 0.25) is 0 Å². The smallest absolute Gasteiger partial charge is 0.326 e. The van der Waals surface area contributed by atoms with Crippen molar-refractivity contribution in [1.29, 1.82) is 0 Å². The van der Waals surface area contributed by atoms with E-state index in [4.69, 9.17) is 10.2 Å². The number of aliphatic carboxylic acids is 1. The molecule has 7 heteroatoms. The molecule has 1 fully saturated rings. The Morgan fingerprint density at radius 1 is 1.50 bits per heavy atom. The number of β-amino-alcohol motifs (C(OH)–C–C–N with tert-alkyl or cyclic N) is 1. The van der Waals surface area contributed by atoms with E-state index < -0.39 is 30.3 Å². The predicted octanol–water partition coefficient (Wildman–Crippen LogP) is -0.671. The maximum absolute atomic E-state index is 12.0. The first-order valence-electron chi connectivity index (χ1n) is 5.93. The van der Waals surface area contributed by atoms with Crippen LogP contribution in [0.1, 0.15) is 19.8 Å². The van der Waals surface area contributed by atoms with Gasteiger partial charge in [-0.25, -0.2) is 9.59 Å². The molecule has 0 aromatic carbocycles. The highest BCUT2D eigenvalue weighted by Gasteiger charge is 2.39. The van der Waals surface area contributed by atoms with Gasteiger partial charge in [0.15, 0.2) is 0 Å². The topological polar surface area (TPSA) is 101 Å². The first-order valence-corrected chi connectivity index (χ1v) is 5.93. The molecule has 3 atom stereocenters. The summed E-state index contributed by atoms with van der Waals surface area (Å²) in [4.78, 5) is 25.5. The number of amides is 2. The summed E-state index contributed by atoms with van der Waals surface area (Å²) in [6, 6.07) is -1.40. The van der Waals surface area contributed by atoms with E-state index in [0.29, 0.717) is 13.0 Å². The molecule has 1 aliphatic heterocycles. The summed E-state index contributed by atoms with van der Waals surface area (Å²) in [5, 5.41) is 27.6. The van der Waals surface area contributed by atoms with Crippen LogP contribution in [0, 0.1) is 0 Å². The normalized spacial score (nSPS) is 25.0. The Morgan fingerprint density at radius 3 is 2.61 bits per heavy atom. The zero-order chi connectivity index (χ0) is 13.9. The molecule has 1 rings (SSSR count). The Balaban J connectivity index is 2.61. The van der Waals surface area contributed by atoms with Crippen molar-refractivity contribution in [2.24, 2.45) is 0 Å². The lowest BCUT2D eigenvalue weighted by molar-refractivity contribution is -0.141. The molecule has 0 aromatic heterocycles. The van der Waals surface area contributed by atoms with Crippen LogP contribution in [0.15, 0.2) is 0 Å². The van der Waals surface area contributed by atoms with Gasteiger partial charge >= 0.3 is 12.0 Å². The highest BCUT2D eigenvalue weighted by molar-refractivity contribution is 5.83. The fourth-order valence-corrected chi connectivity index (χ4v) is 1.95. The second-order valence-electron chi connectivity index (χ2n) is 4.74. The van der Waals surface area contributed by atoms with Crippen LogP contribution in [-0.4, -0.2) is 75.5 Å². The molecule has 0 saturated carbocycles. The Labute approximate surface area is 106 Å². The fourth-order valence-electron chi connectivity index (χ4n) is 1.95. The number of likely N-dealkylation sites (tertiary alicyclic amines) is 1. The molecule has 1 saturated heterocycles. The number of carbonyl (C=O) groups excluding carboxylic acids is 1. The number of aliphatic hydroxyl groups excluding tert-OH is 2. The van der Waals surface area contributed by atoms with Crippen LogP contribution in [0.4, 0.5) is 4.79 Å². The average molecular weight is 260 g/mol. The number of aliphatic hydroxyl groups is 2. The van der Waals surface area contributed by atoms with Crippen molar-refractivity contribution in [2.75, 3.05) is 20.1 Å². The molecule has 1 aliphatic rings. The highest BCUT2D eigenvalue weighted by Crippen LogP contribution is 2.19. The third-order valence-electron chi connectivity index (χ3n) is 3.02. The van der Waals surface area contributed by atoms with Crippen molar-refractivity contribution in [3.05, 3.63) is 0 Å². The van der Waals surface area contributed by atoms with Crippen LogP contribution in [0.5, 0.6) is 0 Å². The van der Waals surface area contributed by atoms with E-state index in [9.17, 15) is 14.7 Å². The van der Waals surface area contributed by atoms with Crippen molar-refractivity contribution < 1.29 is 24.9 Å². The minimum atomic E-state index is -1.11. The molecule has 2 amide bonds. The maximum Gasteiger partial charge on any atom is 0.326 e. The van der Waals surface area contributed by atoms with Gasteiger partial charge in [-0.1, -0.05) is 0 Å². The summed E-state index contributed by atoms with van der Waals surface area (Å²) in [7, 11) is 1.55. The average Bonchev–Trinajstić information content (AvgIpc) is 2.67. The van der Waals surface area contributed by atoms with Crippen molar-refractivity contribution in [2.45, 2.75) is 38.0 Å². The zero-order valence-electron chi connectivity index (χ0n) is 10.6. The number of carbonyl (C=O) groups is 2. The van der Waals surface area contributed by atoms with E-state index in [-0.39, 0.29) is 13.0 Å². The lowest BCUT2D eigenvalue weighted by Gasteiger charge is -2.27. The summed E-state index contributed by atoms with van der Waals surface area (Å²) in [6.07, 6.45) is -0.818. The molecule has 0 spiro atoms. The minimum absolute atomic E-state index is 0.0365. The second-order valence-corrected chi connectivity index (χ2v) is 4.74. The molecule has 104 valence electrons. The number of hydrogen-bond donors (Lipinski definition) is 3. The first-order chi connectivity index (χ1) is 8.32. The summed E-state index contributed by atoms with van der Waals surface area (Å²) < 4.78 is 0. The third kappa shape index (κ3) is 3.58. The molecule has 18 heavy (non-hydrogen) atoms. The molecule has 1 heterocycles. The molecule has 7 nitrogen and oxygen atoms in total. The van der Waals surface area contributed by atoms with Crippen LogP contribution >= 0.6 is 0 Å². The maximum atomic E-state index is 12.0. The minimum Gasteiger partial charge on any atom is -0.480 e. The molecule has 2 unspecified atom stereocenters. The largest absolute Gasteiger partial charge is 0.480 e. The van der Waals surface area contributed by atoms with E-state index in [1.807, 2.05) is 0 Å². The van der Waals surface area contributed by atoms with Gasteiger partial charge in [0, 0.05) is 26.6 Å². The van der Waals surface area contributed by atoms with Gasteiger partial charge in [-0.05, 0) is 13.3 Å². The van der Waals surface area contributed by atoms with E-state index in [2.05, 4.69) is 0 Å². The van der Waals surface area contributed by atoms with E-state index in [0.717, 1.165) is 4.90 Å². The molecular formula is C11H20N2O5. The van der Waals surface area contributed by atoms with Crippen molar-refractivity contribution in [3.63, 3.8) is 0 Å². The molecule has 0 aliphatic carbocycles. The Hall–Kier alpha value is -1.34. The predicted molar refractivity (Wildman–Crippen MR) is 63.1 cm³/mol. The Kier molecular flexibility index (Phi) is 4.92. The molecular weight excluding hydrogens is 240 g/mol. The van der Waals surface area contributed by atoms with Gasteiger partial charge in [-0.15, -0.1) is 0 Å². The third-order valence-corrected chi connectivity index (χ3v) is 3.02. The lowest BCUT2D eigenvalue weighted by Crippen LogP contribution is -2.47. The Morgan fingerprint density at radius 2 is 2.11 bits per heavy atom. The van der Waals surface area contributed by atoms with Crippen molar-refractivity contribution >= 4 is 12.0 Å². The lowest BCUT2D eigenvalue weighted by atomic mass is 10.2. The summed E-state index contributed by atoms with van der Waals surface area (Å²) in [5.74, 6) is -1.11. The number of rotatable bonds is 4. The van der Waals surface area contributed by atoms with Gasteiger partial charge in [-0.2, -0.15) is 0 Å². The van der Waals surface area contributed by atoms with Gasteiger partial charge in [0.2, 0.25) is 0 Å². The number of carboxylic acids is 1. The van der Waals surface area contributed by atoms with Crippen molar-refractivity contribution in [1.82, 2.24) is 9.80 Å². The second kappa shape index (κ2) is 6.01. The van der Waals surface area contributed by atoms with Gasteiger partial charge in [-0.3, -0.25) is 0 Å². The SMILES string of the molecule is CC(O)CCN(C)C(=O)N1CC(O)C[C@H]1C(=O)O. The van der Waals surface area contributed by atoms with Crippen LogP contribution < -0.4 is 0 Å². The van der Waals surface area contributed by atoms with Gasteiger partial charge in [0.05, 0.1) is 12.2 Å². The van der Waals surface area contributed by atoms with Gasteiger partial charge < -0.3 is 25.1 Å². The van der Waals surface area contributed by atoms with E-state index >= 15 is 0 Å². The van der Waals surface area contributed by atoms with E-state index in [1.165, 1.54) is 4.90 Å². The summed E-state index contributed by atoms with van der Waals surface area (Å²) >= 11 is 0. The van der Waals surface area contributed by atoms with Crippen LogP contribution in [0.3, 0.4) is 0 Å². The summed E-state index contributed by atoms with van der Waals surface area (Å²) in [5.41, 5.74) is 0. The van der Waals surface area contributed by atoms with Gasteiger partial charge in [0.1, 0.15) is 6.04 Å². The van der Waals surface area contributed by atoms with Crippen LogP contribution in [-0.2, 0) is 4.79 Å². The molecule has 0 radical (unpaired) electrons. The fraction of sp³-hybridized carbons (Fsp3) is 0.818. The van der Waals surface area contributed by atoms with Crippen LogP contribution in [0.25, 0.3) is 0 Å². The number of nitrogens with zero attached hydrogens (tertiary/aromatic N) is 2. The monoisotopic (exact) mass is 260 g/mol. The Bertz CT molecular complexity index is 321. The molecule has 3 N–H and O–H groups in total. The number of urea groups is 1. The quantitative estimate of drug-likeness (QED) is 0.622. The zero-order valence-corrected chi connectivity index (χ0v) is 10.6. The molecule has 0 aromatic rings. The summed E-state index contributed by atoms with van der Waals surface area (Å²) in [6.45, 7) is 2.00. The van der Waals surface area contributed by atoms with Crippen molar-refractivity contribution in [3.8, 4) is 0 Å². The van der Waals surface area contributed by atoms with E-state index in [1.54, 1.807) is 14.0 Å². The number of hydrogen-bond acceptors (Lipinski definition) is 4. The first kappa shape index (κ1) is 14.7. The number of carboxylic acid groups (broad SMARTS) is 1. The molecule has 0 bridgehead atoms.